The fraction of sp³-hybridized carbons (Fsp3) is 0.214. The summed E-state index contributed by atoms with van der Waals surface area (Å²) < 4.78 is 0. The molecule has 1 aromatic carbocycles. The smallest absolute Gasteiger partial charge is 0.315 e. The Hall–Kier alpha value is -1.81. The summed E-state index contributed by atoms with van der Waals surface area (Å²) >= 11 is 1.70. The molecule has 1 aromatic heterocycles. The number of hydrogen-bond acceptors (Lipinski definition) is 2. The van der Waals surface area contributed by atoms with Crippen molar-refractivity contribution >= 4 is 17.4 Å². The SMILES string of the molecule is Cc1ccc(CNC(=O)NCc2ccccc2)s1. The van der Waals surface area contributed by atoms with Crippen molar-refractivity contribution < 1.29 is 4.79 Å². The standard InChI is InChI=1S/C14H16N2OS/c1-11-7-8-13(18-11)10-16-14(17)15-9-12-5-3-2-4-6-12/h2-8H,9-10H2,1H3,(H2,15,16,17). The molecule has 0 saturated carbocycles. The van der Waals surface area contributed by atoms with Crippen LogP contribution in [-0.4, -0.2) is 6.03 Å². The van der Waals surface area contributed by atoms with Crippen molar-refractivity contribution in [2.45, 2.75) is 20.0 Å². The van der Waals surface area contributed by atoms with E-state index in [1.54, 1.807) is 11.3 Å². The van der Waals surface area contributed by atoms with Crippen LogP contribution in [0.1, 0.15) is 15.3 Å². The summed E-state index contributed by atoms with van der Waals surface area (Å²) in [6.45, 7) is 3.19. The zero-order valence-electron chi connectivity index (χ0n) is 10.3. The number of aryl methyl sites for hydroxylation is 1. The maximum Gasteiger partial charge on any atom is 0.315 e. The van der Waals surface area contributed by atoms with Gasteiger partial charge in [0.15, 0.2) is 0 Å². The summed E-state index contributed by atoms with van der Waals surface area (Å²) in [5, 5.41) is 5.67. The summed E-state index contributed by atoms with van der Waals surface area (Å²) in [7, 11) is 0. The maximum atomic E-state index is 11.6. The second-order valence-electron chi connectivity index (χ2n) is 4.03. The molecule has 3 nitrogen and oxygen atoms in total. The molecule has 0 radical (unpaired) electrons. The van der Waals surface area contributed by atoms with Gasteiger partial charge in [0, 0.05) is 16.3 Å². The quantitative estimate of drug-likeness (QED) is 0.871. The Morgan fingerprint density at radius 2 is 1.78 bits per heavy atom. The van der Waals surface area contributed by atoms with Gasteiger partial charge in [0.05, 0.1) is 6.54 Å². The molecule has 0 saturated heterocycles. The summed E-state index contributed by atoms with van der Waals surface area (Å²) in [5.41, 5.74) is 1.10. The number of rotatable bonds is 4. The lowest BCUT2D eigenvalue weighted by Gasteiger charge is -2.06. The molecule has 0 atom stereocenters. The van der Waals surface area contributed by atoms with Crippen molar-refractivity contribution in [3.63, 3.8) is 0 Å². The number of amides is 2. The molecule has 0 aliphatic heterocycles. The summed E-state index contributed by atoms with van der Waals surface area (Å²) in [6.07, 6.45) is 0. The minimum Gasteiger partial charge on any atom is -0.334 e. The van der Waals surface area contributed by atoms with Crippen LogP contribution >= 0.6 is 11.3 Å². The average molecular weight is 260 g/mol. The van der Waals surface area contributed by atoms with E-state index < -0.39 is 0 Å². The van der Waals surface area contributed by atoms with Crippen LogP contribution in [0.2, 0.25) is 0 Å². The predicted molar refractivity (Wildman–Crippen MR) is 74.6 cm³/mol. The van der Waals surface area contributed by atoms with Gasteiger partial charge in [0.25, 0.3) is 0 Å². The molecule has 0 spiro atoms. The second kappa shape index (κ2) is 6.21. The minimum atomic E-state index is -0.134. The lowest BCUT2D eigenvalue weighted by atomic mass is 10.2. The molecule has 0 bridgehead atoms. The monoisotopic (exact) mass is 260 g/mol. The van der Waals surface area contributed by atoms with Crippen molar-refractivity contribution in [1.29, 1.82) is 0 Å². The lowest BCUT2D eigenvalue weighted by Crippen LogP contribution is -2.34. The number of carbonyl (C=O) groups is 1. The fourth-order valence-electron chi connectivity index (χ4n) is 1.59. The first kappa shape index (κ1) is 12.6. The Labute approximate surface area is 111 Å². The fourth-order valence-corrected chi connectivity index (χ4v) is 2.42. The van der Waals surface area contributed by atoms with Crippen LogP contribution in [0.4, 0.5) is 4.79 Å². The van der Waals surface area contributed by atoms with Gasteiger partial charge < -0.3 is 10.6 Å². The second-order valence-corrected chi connectivity index (χ2v) is 5.41. The zero-order valence-corrected chi connectivity index (χ0v) is 11.1. The van der Waals surface area contributed by atoms with Crippen LogP contribution < -0.4 is 10.6 Å². The van der Waals surface area contributed by atoms with E-state index in [4.69, 9.17) is 0 Å². The van der Waals surface area contributed by atoms with Crippen LogP contribution in [-0.2, 0) is 13.1 Å². The van der Waals surface area contributed by atoms with Gasteiger partial charge in [0.2, 0.25) is 0 Å². The Kier molecular flexibility index (Phi) is 4.36. The summed E-state index contributed by atoms with van der Waals surface area (Å²) in [6, 6.07) is 13.8. The highest BCUT2D eigenvalue weighted by Gasteiger charge is 2.01. The predicted octanol–water partition coefficient (Wildman–Crippen LogP) is 3.06. The number of carbonyl (C=O) groups excluding carboxylic acids is 1. The van der Waals surface area contributed by atoms with Gasteiger partial charge in [-0.25, -0.2) is 4.79 Å². The van der Waals surface area contributed by atoms with Crippen molar-refractivity contribution in [2.75, 3.05) is 0 Å². The first-order valence-electron chi connectivity index (χ1n) is 5.85. The van der Waals surface area contributed by atoms with E-state index in [1.165, 1.54) is 9.75 Å². The van der Waals surface area contributed by atoms with Crippen molar-refractivity contribution in [1.82, 2.24) is 10.6 Å². The highest BCUT2D eigenvalue weighted by atomic mass is 32.1. The Bertz CT molecular complexity index is 508. The summed E-state index contributed by atoms with van der Waals surface area (Å²) in [5.74, 6) is 0. The average Bonchev–Trinajstić information content (AvgIpc) is 2.81. The van der Waals surface area contributed by atoms with Gasteiger partial charge in [-0.2, -0.15) is 0 Å². The van der Waals surface area contributed by atoms with E-state index in [0.717, 1.165) is 5.56 Å². The number of nitrogens with one attached hydrogen (secondary N) is 2. The normalized spacial score (nSPS) is 10.1. The Balaban J connectivity index is 1.73. The molecule has 0 unspecified atom stereocenters. The molecule has 1 heterocycles. The van der Waals surface area contributed by atoms with E-state index in [2.05, 4.69) is 23.6 Å². The van der Waals surface area contributed by atoms with Gasteiger partial charge in [0.1, 0.15) is 0 Å². The Morgan fingerprint density at radius 3 is 2.44 bits per heavy atom. The van der Waals surface area contributed by atoms with Crippen LogP contribution in [0.15, 0.2) is 42.5 Å². The highest BCUT2D eigenvalue weighted by molar-refractivity contribution is 7.11. The topological polar surface area (TPSA) is 41.1 Å². The first-order chi connectivity index (χ1) is 8.74. The van der Waals surface area contributed by atoms with Gasteiger partial charge in [-0.15, -0.1) is 11.3 Å². The third-order valence-electron chi connectivity index (χ3n) is 2.52. The van der Waals surface area contributed by atoms with E-state index in [1.807, 2.05) is 36.4 Å². The molecule has 2 rings (SSSR count). The number of benzene rings is 1. The lowest BCUT2D eigenvalue weighted by molar-refractivity contribution is 0.240. The van der Waals surface area contributed by atoms with Gasteiger partial charge >= 0.3 is 6.03 Å². The molecule has 0 aliphatic carbocycles. The molecule has 4 heteroatoms. The number of hydrogen-bond donors (Lipinski definition) is 2. The van der Waals surface area contributed by atoms with Crippen molar-refractivity contribution in [2.24, 2.45) is 0 Å². The minimum absolute atomic E-state index is 0.134. The highest BCUT2D eigenvalue weighted by Crippen LogP contribution is 2.14. The first-order valence-corrected chi connectivity index (χ1v) is 6.66. The third-order valence-corrected chi connectivity index (χ3v) is 3.52. The maximum absolute atomic E-state index is 11.6. The van der Waals surface area contributed by atoms with Gasteiger partial charge in [-0.3, -0.25) is 0 Å². The molecular weight excluding hydrogens is 244 g/mol. The molecule has 0 aliphatic rings. The zero-order chi connectivity index (χ0) is 12.8. The summed E-state index contributed by atoms with van der Waals surface area (Å²) in [4.78, 5) is 14.0. The molecule has 94 valence electrons. The van der Waals surface area contributed by atoms with Crippen molar-refractivity contribution in [3.8, 4) is 0 Å². The van der Waals surface area contributed by atoms with Crippen LogP contribution in [0.3, 0.4) is 0 Å². The molecular formula is C14H16N2OS. The van der Waals surface area contributed by atoms with E-state index in [0.29, 0.717) is 13.1 Å². The van der Waals surface area contributed by atoms with Crippen LogP contribution in [0, 0.1) is 6.92 Å². The molecule has 18 heavy (non-hydrogen) atoms. The van der Waals surface area contributed by atoms with E-state index >= 15 is 0 Å². The number of urea groups is 1. The third kappa shape index (κ3) is 3.89. The van der Waals surface area contributed by atoms with Crippen molar-refractivity contribution in [3.05, 3.63) is 57.8 Å². The molecule has 2 N–H and O–H groups in total. The van der Waals surface area contributed by atoms with Gasteiger partial charge in [-0.05, 0) is 24.6 Å². The largest absolute Gasteiger partial charge is 0.334 e. The van der Waals surface area contributed by atoms with Gasteiger partial charge in [-0.1, -0.05) is 30.3 Å². The molecule has 2 aromatic rings. The van der Waals surface area contributed by atoms with E-state index in [9.17, 15) is 4.79 Å². The Morgan fingerprint density at radius 1 is 1.06 bits per heavy atom. The van der Waals surface area contributed by atoms with Crippen LogP contribution in [0.25, 0.3) is 0 Å². The molecule has 0 fully saturated rings. The van der Waals surface area contributed by atoms with E-state index in [-0.39, 0.29) is 6.03 Å². The number of thiophene rings is 1. The molecule has 2 amide bonds. The van der Waals surface area contributed by atoms with Crippen LogP contribution in [0.5, 0.6) is 0 Å².